The third kappa shape index (κ3) is 1.53. The Balaban J connectivity index is 2.46. The highest BCUT2D eigenvalue weighted by Crippen LogP contribution is 2.09. The Hall–Kier alpha value is -1.64. The number of ketones is 1. The monoisotopic (exact) mass is 188 g/mol. The summed E-state index contributed by atoms with van der Waals surface area (Å²) in [5.74, 6) is 1.15. The van der Waals surface area contributed by atoms with E-state index in [1.165, 1.54) is 0 Å². The largest absolute Gasteiger partial charge is 0.304 e. The molecule has 0 unspecified atom stereocenters. The number of nitrogens with zero attached hydrogens (tertiary/aromatic N) is 2. The molecule has 14 heavy (non-hydrogen) atoms. The second-order valence-electron chi connectivity index (χ2n) is 3.51. The number of imidazole rings is 1. The molecule has 2 aromatic heterocycles. The lowest BCUT2D eigenvalue weighted by Gasteiger charge is -2.00. The van der Waals surface area contributed by atoms with Gasteiger partial charge in [0, 0.05) is 12.6 Å². The highest BCUT2D eigenvalue weighted by Gasteiger charge is 2.01. The Kier molecular flexibility index (Phi) is 2.08. The Morgan fingerprint density at radius 3 is 3.07 bits per heavy atom. The van der Waals surface area contributed by atoms with Gasteiger partial charge in [0.15, 0.2) is 0 Å². The van der Waals surface area contributed by atoms with E-state index in [0.29, 0.717) is 6.42 Å². The number of rotatable bonds is 2. The van der Waals surface area contributed by atoms with Gasteiger partial charge in [0.1, 0.15) is 11.6 Å². The fourth-order valence-corrected chi connectivity index (χ4v) is 1.58. The second-order valence-corrected chi connectivity index (χ2v) is 3.51. The molecule has 0 atom stereocenters. The zero-order valence-corrected chi connectivity index (χ0v) is 8.32. The maximum Gasteiger partial charge on any atom is 0.134 e. The first-order valence-electron chi connectivity index (χ1n) is 4.59. The Morgan fingerprint density at radius 1 is 1.57 bits per heavy atom. The van der Waals surface area contributed by atoms with Gasteiger partial charge in [0.2, 0.25) is 0 Å². The van der Waals surface area contributed by atoms with Crippen LogP contribution in [0.1, 0.15) is 18.3 Å². The number of pyridine rings is 1. The first-order valence-corrected chi connectivity index (χ1v) is 4.59. The van der Waals surface area contributed by atoms with Crippen molar-refractivity contribution in [1.82, 2.24) is 9.38 Å². The fourth-order valence-electron chi connectivity index (χ4n) is 1.58. The minimum atomic E-state index is 0.186. The van der Waals surface area contributed by atoms with Crippen molar-refractivity contribution in [3.63, 3.8) is 0 Å². The summed E-state index contributed by atoms with van der Waals surface area (Å²) in [4.78, 5) is 15.1. The summed E-state index contributed by atoms with van der Waals surface area (Å²) in [7, 11) is 0. The van der Waals surface area contributed by atoms with Crippen molar-refractivity contribution in [2.24, 2.45) is 0 Å². The molecule has 0 aliphatic carbocycles. The standard InChI is InChI=1S/C11H12N2O/c1-8(14)5-10-3-4-13-9(2)12-7-11(13)6-10/h3-4,6-7H,5H2,1-2H3. The van der Waals surface area contributed by atoms with Crippen LogP contribution in [0.3, 0.4) is 0 Å². The molecule has 0 aliphatic rings. The zero-order valence-electron chi connectivity index (χ0n) is 8.32. The van der Waals surface area contributed by atoms with Crippen LogP contribution in [0.4, 0.5) is 0 Å². The minimum Gasteiger partial charge on any atom is -0.304 e. The molecule has 0 N–H and O–H groups in total. The number of carbonyl (C=O) groups is 1. The predicted molar refractivity (Wildman–Crippen MR) is 54.3 cm³/mol. The quantitative estimate of drug-likeness (QED) is 0.719. The van der Waals surface area contributed by atoms with Gasteiger partial charge in [0.05, 0.1) is 11.7 Å². The van der Waals surface area contributed by atoms with Crippen molar-refractivity contribution in [3.8, 4) is 0 Å². The molecule has 2 rings (SSSR count). The van der Waals surface area contributed by atoms with Crippen molar-refractivity contribution in [1.29, 1.82) is 0 Å². The number of aryl methyl sites for hydroxylation is 1. The van der Waals surface area contributed by atoms with Crippen molar-refractivity contribution in [2.45, 2.75) is 20.3 Å². The van der Waals surface area contributed by atoms with Gasteiger partial charge in [-0.05, 0) is 31.5 Å². The van der Waals surface area contributed by atoms with Crippen LogP contribution in [0.25, 0.3) is 5.52 Å². The Labute approximate surface area is 82.4 Å². The summed E-state index contributed by atoms with van der Waals surface area (Å²) in [6.07, 6.45) is 4.27. The molecule has 0 spiro atoms. The number of hydrogen-bond acceptors (Lipinski definition) is 2. The third-order valence-electron chi connectivity index (χ3n) is 2.23. The molecule has 0 saturated carbocycles. The molecule has 0 radical (unpaired) electrons. The summed E-state index contributed by atoms with van der Waals surface area (Å²) >= 11 is 0. The molecule has 0 bridgehead atoms. The number of Topliss-reactive ketones (excluding diaryl/α,β-unsaturated/α-hetero) is 1. The van der Waals surface area contributed by atoms with E-state index in [2.05, 4.69) is 4.98 Å². The lowest BCUT2D eigenvalue weighted by molar-refractivity contribution is -0.116. The molecule has 0 aliphatic heterocycles. The van der Waals surface area contributed by atoms with Crippen LogP contribution in [0.2, 0.25) is 0 Å². The average Bonchev–Trinajstić information content (AvgIpc) is 2.46. The van der Waals surface area contributed by atoms with Crippen LogP contribution in [0.15, 0.2) is 24.5 Å². The van der Waals surface area contributed by atoms with E-state index in [9.17, 15) is 4.79 Å². The number of fused-ring (bicyclic) bond motifs is 1. The first kappa shape index (κ1) is 8.94. The maximum atomic E-state index is 10.9. The smallest absolute Gasteiger partial charge is 0.134 e. The van der Waals surface area contributed by atoms with Crippen LogP contribution < -0.4 is 0 Å². The topological polar surface area (TPSA) is 34.4 Å². The predicted octanol–water partition coefficient (Wildman–Crippen LogP) is 1.77. The molecule has 3 heteroatoms. The first-order chi connectivity index (χ1) is 6.66. The molecule has 0 amide bonds. The SMILES string of the molecule is CC(=O)Cc1ccn2c(C)ncc2c1. The van der Waals surface area contributed by atoms with Gasteiger partial charge in [-0.25, -0.2) is 4.98 Å². The summed E-state index contributed by atoms with van der Waals surface area (Å²) in [6, 6.07) is 3.96. The van der Waals surface area contributed by atoms with Crippen LogP contribution in [-0.4, -0.2) is 15.2 Å². The van der Waals surface area contributed by atoms with Crippen LogP contribution in [-0.2, 0) is 11.2 Å². The summed E-state index contributed by atoms with van der Waals surface area (Å²) < 4.78 is 2.00. The molecule has 72 valence electrons. The minimum absolute atomic E-state index is 0.186. The highest BCUT2D eigenvalue weighted by molar-refractivity contribution is 5.78. The van der Waals surface area contributed by atoms with Crippen molar-refractivity contribution < 1.29 is 4.79 Å². The molecule has 0 saturated heterocycles. The van der Waals surface area contributed by atoms with E-state index in [4.69, 9.17) is 0 Å². The van der Waals surface area contributed by atoms with Crippen molar-refractivity contribution >= 4 is 11.3 Å². The molecule has 2 aromatic rings. The summed E-state index contributed by atoms with van der Waals surface area (Å²) in [6.45, 7) is 3.56. The van der Waals surface area contributed by atoms with E-state index < -0.39 is 0 Å². The maximum absolute atomic E-state index is 10.9. The molecule has 0 aromatic carbocycles. The zero-order chi connectivity index (χ0) is 10.1. The number of aromatic nitrogens is 2. The average molecular weight is 188 g/mol. The normalized spacial score (nSPS) is 10.7. The summed E-state index contributed by atoms with van der Waals surface area (Å²) in [5, 5.41) is 0. The molecular formula is C11H12N2O. The third-order valence-corrected chi connectivity index (χ3v) is 2.23. The van der Waals surface area contributed by atoms with Gasteiger partial charge in [-0.2, -0.15) is 0 Å². The second kappa shape index (κ2) is 3.25. The van der Waals surface area contributed by atoms with Crippen molar-refractivity contribution in [2.75, 3.05) is 0 Å². The molecule has 2 heterocycles. The van der Waals surface area contributed by atoms with Crippen LogP contribution in [0.5, 0.6) is 0 Å². The molecular weight excluding hydrogens is 176 g/mol. The van der Waals surface area contributed by atoms with E-state index in [0.717, 1.165) is 16.9 Å². The van der Waals surface area contributed by atoms with Crippen molar-refractivity contribution in [3.05, 3.63) is 35.9 Å². The molecule has 3 nitrogen and oxygen atoms in total. The Morgan fingerprint density at radius 2 is 2.36 bits per heavy atom. The lowest BCUT2D eigenvalue weighted by Crippen LogP contribution is -1.97. The van der Waals surface area contributed by atoms with E-state index in [1.54, 1.807) is 6.92 Å². The summed E-state index contributed by atoms with van der Waals surface area (Å²) in [5.41, 5.74) is 2.09. The number of hydrogen-bond donors (Lipinski definition) is 0. The van der Waals surface area contributed by atoms with E-state index >= 15 is 0 Å². The van der Waals surface area contributed by atoms with Gasteiger partial charge in [0.25, 0.3) is 0 Å². The van der Waals surface area contributed by atoms with Gasteiger partial charge >= 0.3 is 0 Å². The lowest BCUT2D eigenvalue weighted by atomic mass is 10.1. The van der Waals surface area contributed by atoms with Crippen LogP contribution in [0, 0.1) is 6.92 Å². The van der Waals surface area contributed by atoms with Gasteiger partial charge in [-0.1, -0.05) is 0 Å². The van der Waals surface area contributed by atoms with Gasteiger partial charge in [-0.3, -0.25) is 4.79 Å². The highest BCUT2D eigenvalue weighted by atomic mass is 16.1. The Bertz CT molecular complexity index is 485. The number of carbonyl (C=O) groups excluding carboxylic acids is 1. The van der Waals surface area contributed by atoms with E-state index in [1.807, 2.05) is 35.9 Å². The molecule has 0 fully saturated rings. The fraction of sp³-hybridized carbons (Fsp3) is 0.273. The van der Waals surface area contributed by atoms with Gasteiger partial charge in [-0.15, -0.1) is 0 Å². The van der Waals surface area contributed by atoms with Crippen LogP contribution >= 0.6 is 0 Å². The van der Waals surface area contributed by atoms with Gasteiger partial charge < -0.3 is 4.40 Å². The van der Waals surface area contributed by atoms with E-state index in [-0.39, 0.29) is 5.78 Å².